The van der Waals surface area contributed by atoms with Crippen LogP contribution in [0.5, 0.6) is 0 Å². The van der Waals surface area contributed by atoms with Gasteiger partial charge in [-0.05, 0) is 47.6 Å². The molecule has 1 saturated carbocycles. The van der Waals surface area contributed by atoms with Crippen molar-refractivity contribution in [3.63, 3.8) is 0 Å². The molecule has 0 aliphatic heterocycles. The third-order valence-corrected chi connectivity index (χ3v) is 3.93. The van der Waals surface area contributed by atoms with Crippen LogP contribution in [0.3, 0.4) is 0 Å². The van der Waals surface area contributed by atoms with E-state index in [4.69, 9.17) is 11.6 Å². The standard InChI is InChI=1S/C17H17ClO/c18-14-5-3-4-12(10-14)11-17(19)16-7-2-1-6-15(16)13-8-9-13/h1-7,10,13,17,19H,8-9,11H2. The second-order valence-electron chi connectivity index (χ2n) is 5.25. The summed E-state index contributed by atoms with van der Waals surface area (Å²) in [5.74, 6) is 0.658. The summed E-state index contributed by atoms with van der Waals surface area (Å²) >= 11 is 5.98. The van der Waals surface area contributed by atoms with Crippen molar-refractivity contribution in [2.45, 2.75) is 31.3 Å². The van der Waals surface area contributed by atoms with E-state index in [9.17, 15) is 5.11 Å². The lowest BCUT2D eigenvalue weighted by Crippen LogP contribution is -2.05. The van der Waals surface area contributed by atoms with Crippen LogP contribution in [0, 0.1) is 0 Å². The molecule has 98 valence electrons. The highest BCUT2D eigenvalue weighted by Gasteiger charge is 2.27. The predicted molar refractivity (Wildman–Crippen MR) is 78.5 cm³/mol. The Bertz CT molecular complexity index is 575. The lowest BCUT2D eigenvalue weighted by molar-refractivity contribution is 0.177. The molecular formula is C17H17ClO. The predicted octanol–water partition coefficient (Wildman–Crippen LogP) is 4.49. The number of hydrogen-bond acceptors (Lipinski definition) is 1. The number of aliphatic hydroxyl groups excluding tert-OH is 1. The molecule has 1 unspecified atom stereocenters. The monoisotopic (exact) mass is 272 g/mol. The summed E-state index contributed by atoms with van der Waals surface area (Å²) in [5.41, 5.74) is 3.47. The van der Waals surface area contributed by atoms with Gasteiger partial charge in [-0.1, -0.05) is 48.0 Å². The Morgan fingerprint density at radius 3 is 2.63 bits per heavy atom. The smallest absolute Gasteiger partial charge is 0.0833 e. The lowest BCUT2D eigenvalue weighted by atomic mass is 9.95. The molecule has 1 aliphatic carbocycles. The van der Waals surface area contributed by atoms with E-state index in [1.807, 2.05) is 36.4 Å². The van der Waals surface area contributed by atoms with E-state index >= 15 is 0 Å². The molecule has 0 amide bonds. The second-order valence-corrected chi connectivity index (χ2v) is 5.69. The van der Waals surface area contributed by atoms with Crippen molar-refractivity contribution in [2.24, 2.45) is 0 Å². The quantitative estimate of drug-likeness (QED) is 0.869. The molecule has 2 aromatic carbocycles. The minimum Gasteiger partial charge on any atom is -0.388 e. The average Bonchev–Trinajstić information content (AvgIpc) is 3.23. The Balaban J connectivity index is 1.82. The highest BCUT2D eigenvalue weighted by molar-refractivity contribution is 6.30. The summed E-state index contributed by atoms with van der Waals surface area (Å²) in [6.07, 6.45) is 2.67. The fraction of sp³-hybridized carbons (Fsp3) is 0.294. The van der Waals surface area contributed by atoms with E-state index < -0.39 is 6.10 Å². The van der Waals surface area contributed by atoms with Crippen molar-refractivity contribution >= 4 is 11.6 Å². The summed E-state index contributed by atoms with van der Waals surface area (Å²) in [5, 5.41) is 11.2. The van der Waals surface area contributed by atoms with Gasteiger partial charge in [-0.2, -0.15) is 0 Å². The van der Waals surface area contributed by atoms with Crippen molar-refractivity contribution in [1.82, 2.24) is 0 Å². The van der Waals surface area contributed by atoms with E-state index in [2.05, 4.69) is 12.1 Å². The van der Waals surface area contributed by atoms with Gasteiger partial charge < -0.3 is 5.11 Å². The summed E-state index contributed by atoms with van der Waals surface area (Å²) in [6.45, 7) is 0. The Hall–Kier alpha value is -1.31. The zero-order valence-corrected chi connectivity index (χ0v) is 11.5. The van der Waals surface area contributed by atoms with Gasteiger partial charge in [0.1, 0.15) is 0 Å². The molecular weight excluding hydrogens is 256 g/mol. The van der Waals surface area contributed by atoms with Crippen molar-refractivity contribution in [3.05, 3.63) is 70.2 Å². The van der Waals surface area contributed by atoms with Crippen molar-refractivity contribution < 1.29 is 5.11 Å². The van der Waals surface area contributed by atoms with Gasteiger partial charge in [0.25, 0.3) is 0 Å². The van der Waals surface area contributed by atoms with E-state index in [0.717, 1.165) is 16.1 Å². The molecule has 0 saturated heterocycles. The summed E-state index contributed by atoms with van der Waals surface area (Å²) < 4.78 is 0. The highest BCUT2D eigenvalue weighted by Crippen LogP contribution is 2.43. The van der Waals surface area contributed by atoms with Crippen LogP contribution in [-0.4, -0.2) is 5.11 Å². The molecule has 0 radical (unpaired) electrons. The van der Waals surface area contributed by atoms with Crippen LogP contribution >= 0.6 is 11.6 Å². The number of halogens is 1. The zero-order valence-electron chi connectivity index (χ0n) is 10.7. The Labute approximate surface area is 118 Å². The Kier molecular flexibility index (Phi) is 3.58. The maximum Gasteiger partial charge on any atom is 0.0833 e. The molecule has 0 aromatic heterocycles. The van der Waals surface area contributed by atoms with Crippen molar-refractivity contribution in [1.29, 1.82) is 0 Å². The molecule has 1 fully saturated rings. The SMILES string of the molecule is OC(Cc1cccc(Cl)c1)c1ccccc1C1CC1. The topological polar surface area (TPSA) is 20.2 Å². The molecule has 1 nitrogen and oxygen atoms in total. The van der Waals surface area contributed by atoms with Gasteiger partial charge in [-0.3, -0.25) is 0 Å². The van der Waals surface area contributed by atoms with Gasteiger partial charge in [0, 0.05) is 11.4 Å². The van der Waals surface area contributed by atoms with Gasteiger partial charge in [-0.15, -0.1) is 0 Å². The van der Waals surface area contributed by atoms with Crippen LogP contribution in [0.15, 0.2) is 48.5 Å². The second kappa shape index (κ2) is 5.36. The molecule has 0 spiro atoms. The van der Waals surface area contributed by atoms with Gasteiger partial charge in [0.2, 0.25) is 0 Å². The molecule has 2 aromatic rings. The maximum absolute atomic E-state index is 10.5. The lowest BCUT2D eigenvalue weighted by Gasteiger charge is -2.15. The van der Waals surface area contributed by atoms with Crippen LogP contribution in [0.1, 0.15) is 41.6 Å². The molecule has 0 heterocycles. The average molecular weight is 273 g/mol. The van der Waals surface area contributed by atoms with E-state index in [1.54, 1.807) is 0 Å². The van der Waals surface area contributed by atoms with Crippen LogP contribution < -0.4 is 0 Å². The minimum atomic E-state index is -0.449. The highest BCUT2D eigenvalue weighted by atomic mass is 35.5. The normalized spacial score (nSPS) is 16.3. The number of benzene rings is 2. The molecule has 1 aliphatic rings. The zero-order chi connectivity index (χ0) is 13.2. The van der Waals surface area contributed by atoms with Crippen molar-refractivity contribution in [2.75, 3.05) is 0 Å². The Morgan fingerprint density at radius 2 is 1.89 bits per heavy atom. The number of rotatable bonds is 4. The fourth-order valence-corrected chi connectivity index (χ4v) is 2.79. The molecule has 19 heavy (non-hydrogen) atoms. The first-order chi connectivity index (χ1) is 9.24. The third kappa shape index (κ3) is 2.99. The molecule has 1 atom stereocenters. The fourth-order valence-electron chi connectivity index (χ4n) is 2.58. The summed E-state index contributed by atoms with van der Waals surface area (Å²) in [7, 11) is 0. The molecule has 2 heteroatoms. The minimum absolute atomic E-state index is 0.449. The van der Waals surface area contributed by atoms with Crippen LogP contribution in [0.2, 0.25) is 5.02 Å². The first-order valence-corrected chi connectivity index (χ1v) is 7.13. The first kappa shape index (κ1) is 12.7. The van der Waals surface area contributed by atoms with Crippen molar-refractivity contribution in [3.8, 4) is 0 Å². The number of hydrogen-bond donors (Lipinski definition) is 1. The number of aliphatic hydroxyl groups is 1. The first-order valence-electron chi connectivity index (χ1n) is 6.75. The Morgan fingerprint density at radius 1 is 1.11 bits per heavy atom. The third-order valence-electron chi connectivity index (χ3n) is 3.69. The van der Waals surface area contributed by atoms with E-state index in [-0.39, 0.29) is 0 Å². The summed E-state index contributed by atoms with van der Waals surface area (Å²) in [4.78, 5) is 0. The molecule has 1 N–H and O–H groups in total. The van der Waals surface area contributed by atoms with Crippen LogP contribution in [0.25, 0.3) is 0 Å². The molecule has 3 rings (SSSR count). The van der Waals surface area contributed by atoms with E-state index in [0.29, 0.717) is 12.3 Å². The van der Waals surface area contributed by atoms with E-state index in [1.165, 1.54) is 18.4 Å². The van der Waals surface area contributed by atoms with Gasteiger partial charge in [0.15, 0.2) is 0 Å². The van der Waals surface area contributed by atoms with Crippen LogP contribution in [-0.2, 0) is 6.42 Å². The van der Waals surface area contributed by atoms with Gasteiger partial charge in [0.05, 0.1) is 6.10 Å². The summed E-state index contributed by atoms with van der Waals surface area (Å²) in [6, 6.07) is 16.0. The van der Waals surface area contributed by atoms with Gasteiger partial charge >= 0.3 is 0 Å². The molecule has 0 bridgehead atoms. The largest absolute Gasteiger partial charge is 0.388 e. The van der Waals surface area contributed by atoms with Gasteiger partial charge in [-0.25, -0.2) is 0 Å². The maximum atomic E-state index is 10.5. The van der Waals surface area contributed by atoms with Crippen LogP contribution in [0.4, 0.5) is 0 Å².